The van der Waals surface area contributed by atoms with E-state index in [0.29, 0.717) is 46.6 Å². The predicted molar refractivity (Wildman–Crippen MR) is 176 cm³/mol. The molecular weight excluding hydrogens is 612 g/mol. The SMILES string of the molecule is CSCC(NCc1cc(Cl)c(OCc2cccc(-c3ccc4c(c3)OCCO4)c2C)cc1OCc1cccc(C#N)c1)C(=O)O. The van der Waals surface area contributed by atoms with Crippen LogP contribution in [0, 0.1) is 18.3 Å². The van der Waals surface area contributed by atoms with Gasteiger partial charge in [0.25, 0.3) is 0 Å². The van der Waals surface area contributed by atoms with Gasteiger partial charge in [0.15, 0.2) is 11.5 Å². The van der Waals surface area contributed by atoms with Crippen LogP contribution >= 0.6 is 23.4 Å². The van der Waals surface area contributed by atoms with Crippen molar-refractivity contribution >= 4 is 29.3 Å². The van der Waals surface area contributed by atoms with Gasteiger partial charge in [0.05, 0.1) is 16.7 Å². The third-order valence-electron chi connectivity index (χ3n) is 7.42. The van der Waals surface area contributed by atoms with Crippen molar-refractivity contribution in [3.8, 4) is 40.2 Å². The summed E-state index contributed by atoms with van der Waals surface area (Å²) in [5.41, 5.74) is 6.17. The van der Waals surface area contributed by atoms with Crippen molar-refractivity contribution in [2.45, 2.75) is 32.7 Å². The summed E-state index contributed by atoms with van der Waals surface area (Å²) in [4.78, 5) is 11.7. The molecule has 4 aromatic rings. The number of ether oxygens (including phenoxy) is 4. The van der Waals surface area contributed by atoms with Gasteiger partial charge in [-0.25, -0.2) is 0 Å². The molecule has 1 unspecified atom stereocenters. The molecule has 0 saturated heterocycles. The molecule has 45 heavy (non-hydrogen) atoms. The molecule has 232 valence electrons. The topological polar surface area (TPSA) is 110 Å². The van der Waals surface area contributed by atoms with Gasteiger partial charge >= 0.3 is 5.97 Å². The second-order valence-electron chi connectivity index (χ2n) is 10.5. The molecule has 1 aliphatic rings. The lowest BCUT2D eigenvalue weighted by atomic mass is 9.96. The van der Waals surface area contributed by atoms with E-state index in [1.165, 1.54) is 11.8 Å². The molecule has 8 nitrogen and oxygen atoms in total. The molecule has 1 aliphatic heterocycles. The van der Waals surface area contributed by atoms with Crippen molar-refractivity contribution in [2.24, 2.45) is 0 Å². The molecule has 0 bridgehead atoms. The monoisotopic (exact) mass is 644 g/mol. The van der Waals surface area contributed by atoms with Gasteiger partial charge in [0.2, 0.25) is 0 Å². The van der Waals surface area contributed by atoms with Gasteiger partial charge in [-0.2, -0.15) is 17.0 Å². The lowest BCUT2D eigenvalue weighted by molar-refractivity contribution is -0.138. The van der Waals surface area contributed by atoms with E-state index in [0.717, 1.165) is 39.3 Å². The molecule has 0 fully saturated rings. The summed E-state index contributed by atoms with van der Waals surface area (Å²) >= 11 is 8.15. The van der Waals surface area contributed by atoms with Gasteiger partial charge in [0.1, 0.15) is 44.0 Å². The largest absolute Gasteiger partial charge is 0.488 e. The number of hydrogen-bond donors (Lipinski definition) is 2. The first kappa shape index (κ1) is 32.0. The first-order valence-electron chi connectivity index (χ1n) is 14.4. The van der Waals surface area contributed by atoms with Crippen molar-refractivity contribution in [1.82, 2.24) is 5.32 Å². The maximum Gasteiger partial charge on any atom is 0.321 e. The summed E-state index contributed by atoms with van der Waals surface area (Å²) in [5.74, 6) is 1.89. The number of fused-ring (bicyclic) bond motifs is 1. The third kappa shape index (κ3) is 8.03. The van der Waals surface area contributed by atoms with E-state index < -0.39 is 12.0 Å². The van der Waals surface area contributed by atoms with Gasteiger partial charge in [-0.05, 0) is 71.3 Å². The maximum absolute atomic E-state index is 11.7. The Labute approximate surface area is 271 Å². The third-order valence-corrected chi connectivity index (χ3v) is 8.38. The molecule has 2 N–H and O–H groups in total. The molecule has 1 heterocycles. The van der Waals surface area contributed by atoms with Gasteiger partial charge in [-0.3, -0.25) is 10.1 Å². The Kier molecular flexibility index (Phi) is 10.7. The minimum Gasteiger partial charge on any atom is -0.488 e. The molecule has 4 aromatic carbocycles. The second kappa shape index (κ2) is 15.1. The van der Waals surface area contributed by atoms with Gasteiger partial charge in [-0.1, -0.05) is 48.0 Å². The summed E-state index contributed by atoms with van der Waals surface area (Å²) < 4.78 is 23.9. The molecular formula is C35H33ClN2O6S. The molecule has 0 radical (unpaired) electrons. The number of aliphatic carboxylic acids is 1. The number of thioether (sulfide) groups is 1. The molecule has 1 atom stereocenters. The van der Waals surface area contributed by atoms with Crippen LogP contribution in [-0.4, -0.2) is 42.3 Å². The van der Waals surface area contributed by atoms with Crippen molar-refractivity contribution < 1.29 is 28.8 Å². The number of nitrogens with zero attached hydrogens (tertiary/aromatic N) is 1. The van der Waals surface area contributed by atoms with Crippen LogP contribution in [0.4, 0.5) is 0 Å². The van der Waals surface area contributed by atoms with Crippen molar-refractivity contribution in [3.63, 3.8) is 0 Å². The number of rotatable bonds is 13. The van der Waals surface area contributed by atoms with Crippen LogP contribution in [0.5, 0.6) is 23.0 Å². The zero-order valence-corrected chi connectivity index (χ0v) is 26.5. The number of carbonyl (C=O) groups is 1. The molecule has 5 rings (SSSR count). The Balaban J connectivity index is 1.37. The summed E-state index contributed by atoms with van der Waals surface area (Å²) in [6.45, 7) is 3.81. The van der Waals surface area contributed by atoms with Crippen molar-refractivity contribution in [3.05, 3.63) is 106 Å². The highest BCUT2D eigenvalue weighted by Crippen LogP contribution is 2.37. The highest BCUT2D eigenvalue weighted by molar-refractivity contribution is 7.98. The lowest BCUT2D eigenvalue weighted by Gasteiger charge is -2.20. The molecule has 0 aliphatic carbocycles. The summed E-state index contributed by atoms with van der Waals surface area (Å²) in [5, 5.41) is 22.3. The summed E-state index contributed by atoms with van der Waals surface area (Å²) in [6.07, 6.45) is 1.86. The number of halogens is 1. The van der Waals surface area contributed by atoms with Crippen LogP contribution < -0.4 is 24.3 Å². The first-order chi connectivity index (χ1) is 21.9. The fourth-order valence-electron chi connectivity index (χ4n) is 4.99. The number of benzene rings is 4. The van der Waals surface area contributed by atoms with E-state index in [2.05, 4.69) is 24.4 Å². The maximum atomic E-state index is 11.7. The Morgan fingerprint density at radius 3 is 2.56 bits per heavy atom. The quantitative estimate of drug-likeness (QED) is 0.159. The lowest BCUT2D eigenvalue weighted by Crippen LogP contribution is -2.38. The Morgan fingerprint density at radius 2 is 1.78 bits per heavy atom. The Hall–Kier alpha value is -4.36. The molecule has 0 spiro atoms. The normalized spacial score (nSPS) is 12.7. The highest BCUT2D eigenvalue weighted by atomic mass is 35.5. The zero-order valence-electron chi connectivity index (χ0n) is 25.0. The predicted octanol–water partition coefficient (Wildman–Crippen LogP) is 7.02. The molecule has 0 amide bonds. The van der Waals surface area contributed by atoms with Crippen LogP contribution in [0.25, 0.3) is 11.1 Å². The second-order valence-corrected chi connectivity index (χ2v) is 11.8. The van der Waals surface area contributed by atoms with Crippen LogP contribution in [0.3, 0.4) is 0 Å². The number of carboxylic acids is 1. The number of hydrogen-bond acceptors (Lipinski definition) is 8. The van der Waals surface area contributed by atoms with E-state index in [1.54, 1.807) is 30.3 Å². The number of carboxylic acid groups (broad SMARTS) is 1. The van der Waals surface area contributed by atoms with E-state index in [-0.39, 0.29) is 19.8 Å². The summed E-state index contributed by atoms with van der Waals surface area (Å²) in [7, 11) is 0. The highest BCUT2D eigenvalue weighted by Gasteiger charge is 2.19. The Bertz CT molecular complexity index is 1720. The van der Waals surface area contributed by atoms with Gasteiger partial charge < -0.3 is 24.1 Å². The smallest absolute Gasteiger partial charge is 0.321 e. The van der Waals surface area contributed by atoms with E-state index in [4.69, 9.17) is 30.5 Å². The van der Waals surface area contributed by atoms with Crippen LogP contribution in [0.2, 0.25) is 5.02 Å². The average molecular weight is 645 g/mol. The number of nitriles is 1. The molecule has 0 saturated carbocycles. The fourth-order valence-corrected chi connectivity index (χ4v) is 5.82. The Morgan fingerprint density at radius 1 is 1.00 bits per heavy atom. The van der Waals surface area contributed by atoms with Crippen molar-refractivity contribution in [2.75, 3.05) is 25.2 Å². The minimum absolute atomic E-state index is 0.202. The van der Waals surface area contributed by atoms with Crippen LogP contribution in [-0.2, 0) is 24.6 Å². The van der Waals surface area contributed by atoms with Crippen LogP contribution in [0.15, 0.2) is 72.8 Å². The van der Waals surface area contributed by atoms with E-state index in [9.17, 15) is 15.2 Å². The van der Waals surface area contributed by atoms with E-state index >= 15 is 0 Å². The average Bonchev–Trinajstić information content (AvgIpc) is 3.05. The van der Waals surface area contributed by atoms with E-state index in [1.807, 2.05) is 42.7 Å². The van der Waals surface area contributed by atoms with Gasteiger partial charge in [-0.15, -0.1) is 0 Å². The zero-order chi connectivity index (χ0) is 31.8. The molecule has 0 aromatic heterocycles. The first-order valence-corrected chi connectivity index (χ1v) is 16.1. The van der Waals surface area contributed by atoms with Crippen LogP contribution in [0.1, 0.15) is 27.8 Å². The molecule has 10 heteroatoms. The minimum atomic E-state index is -0.931. The standard InChI is InChI=1S/C35H33ClN2O6S/c1-22-26(7-4-8-28(22)25-9-10-31-34(15-25)42-12-11-41-31)20-44-33-16-32(43-19-24-6-3-5-23(13-24)17-37)27(14-29(33)36)18-38-30(21-45-2)35(39)40/h3-10,13-16,30,38H,11-12,18-21H2,1-2H3,(H,39,40). The number of nitrogens with one attached hydrogen (secondary N) is 1. The van der Waals surface area contributed by atoms with Gasteiger partial charge in [0, 0.05) is 23.9 Å². The summed E-state index contributed by atoms with van der Waals surface area (Å²) in [6, 6.07) is 24.1. The fraction of sp³-hybridized carbons (Fsp3) is 0.257. The van der Waals surface area contributed by atoms with Crippen molar-refractivity contribution in [1.29, 1.82) is 5.26 Å².